The first kappa shape index (κ1) is 13.5. The van der Waals surface area contributed by atoms with E-state index >= 15 is 0 Å². The first-order valence-electron chi connectivity index (χ1n) is 7.17. The lowest BCUT2D eigenvalue weighted by Crippen LogP contribution is -2.27. The molecule has 0 saturated carbocycles. The third-order valence-electron chi connectivity index (χ3n) is 3.51. The lowest BCUT2D eigenvalue weighted by atomic mass is 9.97. The van der Waals surface area contributed by atoms with Crippen LogP contribution in [0.1, 0.15) is 62.8 Å². The molecule has 1 aromatic heterocycles. The normalized spacial score (nSPS) is 15.2. The molecule has 0 unspecified atom stereocenters. The molecule has 3 nitrogen and oxygen atoms in total. The van der Waals surface area contributed by atoms with Gasteiger partial charge in [0, 0.05) is 13.0 Å². The summed E-state index contributed by atoms with van der Waals surface area (Å²) < 4.78 is 0. The number of fused-ring (bicyclic) bond motifs is 1. The van der Waals surface area contributed by atoms with E-state index in [9.17, 15) is 0 Å². The van der Waals surface area contributed by atoms with Crippen LogP contribution in [0, 0.1) is 5.92 Å². The Bertz CT molecular complexity index is 410. The molecule has 1 aliphatic heterocycles. The molecule has 18 heavy (non-hydrogen) atoms. The van der Waals surface area contributed by atoms with Gasteiger partial charge in [-0.3, -0.25) is 0 Å². The zero-order valence-corrected chi connectivity index (χ0v) is 12.1. The number of hydrogen-bond donors (Lipinski definition) is 1. The predicted octanol–water partition coefficient (Wildman–Crippen LogP) is 2.83. The van der Waals surface area contributed by atoms with Gasteiger partial charge >= 0.3 is 0 Å². The smallest absolute Gasteiger partial charge is 0.128 e. The number of nitrogens with one attached hydrogen (secondary N) is 1. The molecular formula is C15H25N3. The summed E-state index contributed by atoms with van der Waals surface area (Å²) in [6, 6.07) is 0. The number of aryl methyl sites for hydroxylation is 1. The lowest BCUT2D eigenvalue weighted by Gasteiger charge is -2.21. The van der Waals surface area contributed by atoms with Crippen molar-refractivity contribution in [1.82, 2.24) is 15.3 Å². The summed E-state index contributed by atoms with van der Waals surface area (Å²) in [7, 11) is 0. The SMILES string of the molecule is CC(C)CCc1nc2c(c(C(C)C)n1)CCNC2. The van der Waals surface area contributed by atoms with Crippen molar-refractivity contribution in [1.29, 1.82) is 0 Å². The largest absolute Gasteiger partial charge is 0.311 e. The molecule has 1 aliphatic rings. The van der Waals surface area contributed by atoms with Crippen LogP contribution in [0.15, 0.2) is 0 Å². The van der Waals surface area contributed by atoms with E-state index in [0.29, 0.717) is 11.8 Å². The van der Waals surface area contributed by atoms with Crippen molar-refractivity contribution in [3.8, 4) is 0 Å². The van der Waals surface area contributed by atoms with E-state index in [2.05, 4.69) is 33.0 Å². The minimum atomic E-state index is 0.498. The Hall–Kier alpha value is -0.960. The molecule has 100 valence electrons. The number of hydrogen-bond acceptors (Lipinski definition) is 3. The molecule has 0 atom stereocenters. The Morgan fingerprint density at radius 1 is 1.17 bits per heavy atom. The fourth-order valence-electron chi connectivity index (χ4n) is 2.45. The maximum absolute atomic E-state index is 4.82. The summed E-state index contributed by atoms with van der Waals surface area (Å²) in [6.45, 7) is 10.9. The Morgan fingerprint density at radius 3 is 2.61 bits per heavy atom. The average molecular weight is 247 g/mol. The number of rotatable bonds is 4. The summed E-state index contributed by atoms with van der Waals surface area (Å²) in [6.07, 6.45) is 3.25. The zero-order valence-electron chi connectivity index (χ0n) is 12.1. The molecule has 0 saturated heterocycles. The van der Waals surface area contributed by atoms with Gasteiger partial charge in [0.2, 0.25) is 0 Å². The Balaban J connectivity index is 2.29. The van der Waals surface area contributed by atoms with Crippen molar-refractivity contribution >= 4 is 0 Å². The van der Waals surface area contributed by atoms with E-state index in [0.717, 1.165) is 31.8 Å². The van der Waals surface area contributed by atoms with E-state index in [1.54, 1.807) is 0 Å². The van der Waals surface area contributed by atoms with Crippen LogP contribution < -0.4 is 5.32 Å². The summed E-state index contributed by atoms with van der Waals surface area (Å²) in [5.41, 5.74) is 3.91. The van der Waals surface area contributed by atoms with Gasteiger partial charge in [-0.15, -0.1) is 0 Å². The quantitative estimate of drug-likeness (QED) is 0.889. The standard InChI is InChI=1S/C15H25N3/c1-10(2)5-6-14-17-13-9-16-8-7-12(13)15(18-14)11(3)4/h10-11,16H,5-9H2,1-4H3. The fourth-order valence-corrected chi connectivity index (χ4v) is 2.45. The van der Waals surface area contributed by atoms with Crippen LogP contribution in [0.5, 0.6) is 0 Å². The molecule has 0 aliphatic carbocycles. The van der Waals surface area contributed by atoms with Crippen molar-refractivity contribution in [3.63, 3.8) is 0 Å². The van der Waals surface area contributed by atoms with Crippen molar-refractivity contribution in [2.45, 2.75) is 59.4 Å². The van der Waals surface area contributed by atoms with Crippen molar-refractivity contribution in [2.75, 3.05) is 6.54 Å². The van der Waals surface area contributed by atoms with Gasteiger partial charge in [-0.1, -0.05) is 27.7 Å². The summed E-state index contributed by atoms with van der Waals surface area (Å²) in [5, 5.41) is 3.41. The van der Waals surface area contributed by atoms with Gasteiger partial charge in [-0.25, -0.2) is 9.97 Å². The fraction of sp³-hybridized carbons (Fsp3) is 0.733. The van der Waals surface area contributed by atoms with Crippen molar-refractivity contribution < 1.29 is 0 Å². The molecule has 0 fully saturated rings. The van der Waals surface area contributed by atoms with E-state index < -0.39 is 0 Å². The topological polar surface area (TPSA) is 37.8 Å². The van der Waals surface area contributed by atoms with E-state index in [1.807, 2.05) is 0 Å². The average Bonchev–Trinajstić information content (AvgIpc) is 2.35. The lowest BCUT2D eigenvalue weighted by molar-refractivity contribution is 0.558. The number of aromatic nitrogens is 2. The predicted molar refractivity (Wildman–Crippen MR) is 74.7 cm³/mol. The summed E-state index contributed by atoms with van der Waals surface area (Å²) in [4.78, 5) is 9.57. The van der Waals surface area contributed by atoms with E-state index in [-0.39, 0.29) is 0 Å². The molecular weight excluding hydrogens is 222 g/mol. The highest BCUT2D eigenvalue weighted by atomic mass is 15.0. The number of nitrogens with zero attached hydrogens (tertiary/aromatic N) is 2. The maximum Gasteiger partial charge on any atom is 0.128 e. The Labute approximate surface area is 110 Å². The Morgan fingerprint density at radius 2 is 1.94 bits per heavy atom. The van der Waals surface area contributed by atoms with Crippen LogP contribution in [0.3, 0.4) is 0 Å². The Kier molecular flexibility index (Phi) is 4.33. The molecule has 2 heterocycles. The van der Waals surface area contributed by atoms with Gasteiger partial charge in [-0.05, 0) is 36.8 Å². The molecule has 0 radical (unpaired) electrons. The van der Waals surface area contributed by atoms with Crippen molar-refractivity contribution in [2.24, 2.45) is 5.92 Å². The minimum Gasteiger partial charge on any atom is -0.311 e. The molecule has 1 N–H and O–H groups in total. The highest BCUT2D eigenvalue weighted by Crippen LogP contribution is 2.23. The van der Waals surface area contributed by atoms with Gasteiger partial charge in [-0.2, -0.15) is 0 Å². The van der Waals surface area contributed by atoms with Crippen LogP contribution in [-0.4, -0.2) is 16.5 Å². The molecule has 0 spiro atoms. The molecule has 3 heteroatoms. The molecule has 0 bridgehead atoms. The zero-order chi connectivity index (χ0) is 13.1. The van der Waals surface area contributed by atoms with Gasteiger partial charge < -0.3 is 5.32 Å². The maximum atomic E-state index is 4.82. The highest BCUT2D eigenvalue weighted by molar-refractivity contribution is 5.30. The van der Waals surface area contributed by atoms with E-state index in [4.69, 9.17) is 9.97 Å². The second-order valence-corrected chi connectivity index (χ2v) is 5.96. The third kappa shape index (κ3) is 3.08. The first-order valence-corrected chi connectivity index (χ1v) is 7.17. The molecule has 0 amide bonds. The van der Waals surface area contributed by atoms with Crippen LogP contribution >= 0.6 is 0 Å². The van der Waals surface area contributed by atoms with Crippen LogP contribution in [-0.2, 0) is 19.4 Å². The minimum absolute atomic E-state index is 0.498. The van der Waals surface area contributed by atoms with Crippen LogP contribution in [0.4, 0.5) is 0 Å². The van der Waals surface area contributed by atoms with Crippen LogP contribution in [0.2, 0.25) is 0 Å². The molecule has 0 aromatic carbocycles. The van der Waals surface area contributed by atoms with Gasteiger partial charge in [0.25, 0.3) is 0 Å². The summed E-state index contributed by atoms with van der Waals surface area (Å²) in [5.74, 6) is 2.25. The van der Waals surface area contributed by atoms with Crippen LogP contribution in [0.25, 0.3) is 0 Å². The monoisotopic (exact) mass is 247 g/mol. The first-order chi connectivity index (χ1) is 8.58. The second kappa shape index (κ2) is 5.79. The van der Waals surface area contributed by atoms with Gasteiger partial charge in [0.1, 0.15) is 5.82 Å². The highest BCUT2D eigenvalue weighted by Gasteiger charge is 2.19. The van der Waals surface area contributed by atoms with Crippen molar-refractivity contribution in [3.05, 3.63) is 22.8 Å². The van der Waals surface area contributed by atoms with Gasteiger partial charge in [0.15, 0.2) is 0 Å². The van der Waals surface area contributed by atoms with E-state index in [1.165, 1.54) is 23.4 Å². The third-order valence-corrected chi connectivity index (χ3v) is 3.51. The molecule has 1 aromatic rings. The second-order valence-electron chi connectivity index (χ2n) is 5.96. The van der Waals surface area contributed by atoms with Gasteiger partial charge in [0.05, 0.1) is 11.4 Å². The molecule has 2 rings (SSSR count). The summed E-state index contributed by atoms with van der Waals surface area (Å²) >= 11 is 0.